The molecule has 0 saturated heterocycles. The average molecular weight is 422 g/mol. The lowest BCUT2D eigenvalue weighted by molar-refractivity contribution is -0.142. The van der Waals surface area contributed by atoms with E-state index in [1.165, 1.54) is 6.92 Å². The summed E-state index contributed by atoms with van der Waals surface area (Å²) in [5, 5.41) is 5.11. The van der Waals surface area contributed by atoms with E-state index in [-0.39, 0.29) is 11.4 Å². The number of alkyl halides is 6. The van der Waals surface area contributed by atoms with Crippen molar-refractivity contribution in [3.8, 4) is 5.69 Å². The molecule has 2 aromatic rings. The summed E-state index contributed by atoms with van der Waals surface area (Å²) in [5.74, 6) is -1.41. The smallest absolute Gasteiger partial charge is 0.437 e. The molecule has 0 aliphatic heterocycles. The van der Waals surface area contributed by atoms with Gasteiger partial charge >= 0.3 is 18.3 Å². The lowest BCUT2D eigenvalue weighted by Gasteiger charge is -2.11. The first-order chi connectivity index (χ1) is 11.9. The molecule has 1 heterocycles. The van der Waals surface area contributed by atoms with Gasteiger partial charge in [0.1, 0.15) is 5.69 Å². The summed E-state index contributed by atoms with van der Waals surface area (Å²) in [6.07, 6.45) is -9.86. The molecule has 1 aromatic carbocycles. The zero-order chi connectivity index (χ0) is 19.9. The van der Waals surface area contributed by atoms with E-state index in [0.29, 0.717) is 12.1 Å². The number of halogens is 8. The molecule has 0 spiro atoms. The highest BCUT2D eigenvalue weighted by atomic mass is 35.5. The molecule has 142 valence electrons. The molecule has 2 rings (SSSR count). The Labute approximate surface area is 151 Å². The van der Waals surface area contributed by atoms with Crippen LogP contribution in [0.5, 0.6) is 0 Å². The minimum absolute atomic E-state index is 0.231. The highest BCUT2D eigenvalue weighted by Crippen LogP contribution is 2.38. The largest absolute Gasteiger partial charge is 0.461 e. The number of benzene rings is 1. The van der Waals surface area contributed by atoms with Gasteiger partial charge in [-0.2, -0.15) is 26.3 Å². The Hall–Kier alpha value is -2.01. The van der Waals surface area contributed by atoms with Gasteiger partial charge < -0.3 is 4.74 Å². The van der Waals surface area contributed by atoms with Crippen molar-refractivity contribution in [2.75, 3.05) is 6.61 Å². The zero-order valence-corrected chi connectivity index (χ0v) is 14.1. The third-order valence-corrected chi connectivity index (χ3v) is 3.47. The molecule has 0 unspecified atom stereocenters. The second-order valence-electron chi connectivity index (χ2n) is 4.69. The quantitative estimate of drug-likeness (QED) is 0.528. The molecule has 0 bridgehead atoms. The lowest BCUT2D eigenvalue weighted by Crippen LogP contribution is -2.15. The average Bonchev–Trinajstić information content (AvgIpc) is 2.91. The fraction of sp³-hybridized carbons (Fsp3) is 0.308. The molecule has 0 radical (unpaired) electrons. The minimum Gasteiger partial charge on any atom is -0.461 e. The van der Waals surface area contributed by atoms with Crippen LogP contribution < -0.4 is 0 Å². The summed E-state index contributed by atoms with van der Waals surface area (Å²) in [5.41, 5.74) is -4.64. The zero-order valence-electron chi connectivity index (χ0n) is 12.5. The normalized spacial score (nSPS) is 12.3. The number of esters is 1. The number of ether oxygens (including phenoxy) is 1. The fourth-order valence-electron chi connectivity index (χ4n) is 1.85. The minimum atomic E-state index is -5.08. The summed E-state index contributed by atoms with van der Waals surface area (Å²) in [4.78, 5) is 11.9. The van der Waals surface area contributed by atoms with Crippen LogP contribution in [0.4, 0.5) is 26.3 Å². The maximum absolute atomic E-state index is 13.1. The number of hydrogen-bond donors (Lipinski definition) is 0. The fourth-order valence-corrected chi connectivity index (χ4v) is 2.49. The number of nitrogens with zero attached hydrogens (tertiary/aromatic N) is 3. The van der Waals surface area contributed by atoms with Crippen LogP contribution >= 0.6 is 23.2 Å². The molecule has 0 fully saturated rings. The van der Waals surface area contributed by atoms with Gasteiger partial charge in [-0.05, 0) is 19.1 Å². The Morgan fingerprint density at radius 1 is 1.08 bits per heavy atom. The van der Waals surface area contributed by atoms with E-state index >= 15 is 0 Å². The first-order valence-electron chi connectivity index (χ1n) is 6.64. The Morgan fingerprint density at radius 3 is 2.04 bits per heavy atom. The van der Waals surface area contributed by atoms with Crippen molar-refractivity contribution in [1.29, 1.82) is 0 Å². The predicted molar refractivity (Wildman–Crippen MR) is 77.3 cm³/mol. The maximum atomic E-state index is 13.1. The van der Waals surface area contributed by atoms with Gasteiger partial charge in [-0.25, -0.2) is 4.79 Å². The van der Waals surface area contributed by atoms with Crippen LogP contribution in [0.15, 0.2) is 12.1 Å². The Bertz CT molecular complexity index is 824. The summed E-state index contributed by atoms with van der Waals surface area (Å²) < 4.78 is 81.8. The van der Waals surface area contributed by atoms with Crippen LogP contribution in [0.25, 0.3) is 5.69 Å². The van der Waals surface area contributed by atoms with E-state index in [2.05, 4.69) is 14.9 Å². The third kappa shape index (κ3) is 4.04. The highest BCUT2D eigenvalue weighted by Gasteiger charge is 2.42. The highest BCUT2D eigenvalue weighted by molar-refractivity contribution is 6.37. The van der Waals surface area contributed by atoms with Gasteiger partial charge in [0, 0.05) is 0 Å². The van der Waals surface area contributed by atoms with Crippen molar-refractivity contribution < 1.29 is 35.9 Å². The van der Waals surface area contributed by atoms with Crippen molar-refractivity contribution in [2.45, 2.75) is 19.3 Å². The van der Waals surface area contributed by atoms with Crippen LogP contribution in [0.3, 0.4) is 0 Å². The van der Waals surface area contributed by atoms with Gasteiger partial charge in [-0.15, -0.1) is 15.0 Å². The third-order valence-electron chi connectivity index (χ3n) is 2.90. The van der Waals surface area contributed by atoms with Crippen LogP contribution in [0.2, 0.25) is 10.0 Å². The van der Waals surface area contributed by atoms with Crippen molar-refractivity contribution in [1.82, 2.24) is 15.0 Å². The van der Waals surface area contributed by atoms with E-state index in [1.807, 2.05) is 0 Å². The van der Waals surface area contributed by atoms with Crippen LogP contribution in [-0.4, -0.2) is 27.6 Å². The second kappa shape index (κ2) is 6.95. The summed E-state index contributed by atoms with van der Waals surface area (Å²) in [7, 11) is 0. The molecule has 13 heteroatoms. The topological polar surface area (TPSA) is 57.0 Å². The van der Waals surface area contributed by atoms with Crippen molar-refractivity contribution in [2.24, 2.45) is 0 Å². The number of carbonyl (C=O) groups is 1. The van der Waals surface area contributed by atoms with Crippen LogP contribution in [0.1, 0.15) is 28.7 Å². The molecule has 0 aliphatic carbocycles. The molecule has 0 aliphatic rings. The molecule has 5 nitrogen and oxygen atoms in total. The van der Waals surface area contributed by atoms with E-state index in [1.54, 1.807) is 0 Å². The second-order valence-corrected chi connectivity index (χ2v) is 5.51. The standard InChI is InChI=1S/C13H7Cl2F6N3O2/c1-2-26-11(25)8-10(13(19,20)21)23-24(22-8)9-6(14)3-5(4-7(9)15)12(16,17)18/h3-4H,2H2,1H3. The first-order valence-corrected chi connectivity index (χ1v) is 7.40. The number of hydrogen-bond acceptors (Lipinski definition) is 4. The molecule has 0 amide bonds. The van der Waals surface area contributed by atoms with E-state index in [4.69, 9.17) is 23.2 Å². The molecular formula is C13H7Cl2F6N3O2. The number of rotatable bonds is 3. The summed E-state index contributed by atoms with van der Waals surface area (Å²) >= 11 is 11.4. The maximum Gasteiger partial charge on any atom is 0.437 e. The van der Waals surface area contributed by atoms with Crippen molar-refractivity contribution in [3.05, 3.63) is 39.1 Å². The van der Waals surface area contributed by atoms with Crippen molar-refractivity contribution >= 4 is 29.2 Å². The Morgan fingerprint density at radius 2 is 1.62 bits per heavy atom. The van der Waals surface area contributed by atoms with E-state index in [9.17, 15) is 31.1 Å². The van der Waals surface area contributed by atoms with Gasteiger partial charge in [0.15, 0.2) is 0 Å². The van der Waals surface area contributed by atoms with Gasteiger partial charge in [0.25, 0.3) is 0 Å². The van der Waals surface area contributed by atoms with Gasteiger partial charge in [-0.3, -0.25) is 0 Å². The van der Waals surface area contributed by atoms with Crippen LogP contribution in [0, 0.1) is 0 Å². The van der Waals surface area contributed by atoms with E-state index in [0.717, 1.165) is 0 Å². The number of aromatic nitrogens is 3. The lowest BCUT2D eigenvalue weighted by atomic mass is 10.2. The SMILES string of the molecule is CCOC(=O)c1nn(-c2c(Cl)cc(C(F)(F)F)cc2Cl)nc1C(F)(F)F. The molecule has 0 N–H and O–H groups in total. The molecule has 0 saturated carbocycles. The van der Waals surface area contributed by atoms with Gasteiger partial charge in [0.05, 0.1) is 22.2 Å². The monoisotopic (exact) mass is 421 g/mol. The molecule has 0 atom stereocenters. The summed E-state index contributed by atoms with van der Waals surface area (Å²) in [6, 6.07) is 0.896. The van der Waals surface area contributed by atoms with Crippen LogP contribution in [-0.2, 0) is 17.1 Å². The van der Waals surface area contributed by atoms with Gasteiger partial charge in [-0.1, -0.05) is 23.2 Å². The predicted octanol–water partition coefficient (Wildman–Crippen LogP) is 4.79. The van der Waals surface area contributed by atoms with E-state index < -0.39 is 51.0 Å². The van der Waals surface area contributed by atoms with Gasteiger partial charge in [0.2, 0.25) is 11.4 Å². The summed E-state index contributed by atoms with van der Waals surface area (Å²) in [6.45, 7) is 1.13. The first kappa shape index (κ1) is 20.3. The Kier molecular flexibility index (Phi) is 5.43. The molecule has 26 heavy (non-hydrogen) atoms. The van der Waals surface area contributed by atoms with Crippen molar-refractivity contribution in [3.63, 3.8) is 0 Å². The molecule has 1 aromatic heterocycles. The molecular weight excluding hydrogens is 415 g/mol. The number of carbonyl (C=O) groups excluding carboxylic acids is 1. The Balaban J connectivity index is 2.65.